The van der Waals surface area contributed by atoms with Crippen LogP contribution in [0.25, 0.3) is 11.2 Å². The summed E-state index contributed by atoms with van der Waals surface area (Å²) in [5, 5.41) is 18.5. The number of anilines is 1. The summed E-state index contributed by atoms with van der Waals surface area (Å²) in [7, 11) is 0. The Labute approximate surface area is 133 Å². The zero-order chi connectivity index (χ0) is 17.0. The van der Waals surface area contributed by atoms with E-state index in [9.17, 15) is 19.0 Å². The number of nitrogens with zero attached hydrogens (tertiary/aromatic N) is 4. The highest BCUT2D eigenvalue weighted by molar-refractivity contribution is 6.28. The minimum Gasteiger partial charge on any atom is -0.395 e. The van der Waals surface area contributed by atoms with Crippen LogP contribution in [-0.4, -0.2) is 55.0 Å². The van der Waals surface area contributed by atoms with Crippen molar-refractivity contribution in [3.8, 4) is 0 Å². The molecule has 11 heteroatoms. The zero-order valence-corrected chi connectivity index (χ0v) is 12.7. The molecule has 0 aromatic carbocycles. The summed E-state index contributed by atoms with van der Waals surface area (Å²) < 4.78 is 35.9. The van der Waals surface area contributed by atoms with E-state index in [2.05, 4.69) is 15.0 Å². The highest BCUT2D eigenvalue weighted by Gasteiger charge is 2.67. The molecule has 2 aromatic rings. The molecule has 3 atom stereocenters. The lowest BCUT2D eigenvalue weighted by molar-refractivity contribution is -0.152. The molecule has 1 aliphatic heterocycles. The SMILES string of the molecule is CC1(CO)[C@@H](CO)O[C@@H](n2cnc3c(N)nc(Cl)nc32)C1(F)F. The zero-order valence-electron chi connectivity index (χ0n) is 11.9. The molecule has 1 aliphatic rings. The summed E-state index contributed by atoms with van der Waals surface area (Å²) in [4.78, 5) is 11.5. The maximum Gasteiger partial charge on any atom is 0.302 e. The average Bonchev–Trinajstić information content (AvgIpc) is 2.98. The third-order valence-electron chi connectivity index (χ3n) is 4.24. The van der Waals surface area contributed by atoms with Crippen LogP contribution < -0.4 is 5.73 Å². The van der Waals surface area contributed by atoms with Crippen LogP contribution in [0.15, 0.2) is 6.33 Å². The van der Waals surface area contributed by atoms with Crippen molar-refractivity contribution in [1.29, 1.82) is 0 Å². The van der Waals surface area contributed by atoms with Crippen molar-refractivity contribution < 1.29 is 23.7 Å². The van der Waals surface area contributed by atoms with E-state index in [0.29, 0.717) is 0 Å². The van der Waals surface area contributed by atoms with Gasteiger partial charge in [-0.1, -0.05) is 0 Å². The van der Waals surface area contributed by atoms with Crippen LogP contribution in [0.4, 0.5) is 14.6 Å². The number of alkyl halides is 2. The molecule has 0 bridgehead atoms. The summed E-state index contributed by atoms with van der Waals surface area (Å²) in [5.74, 6) is -3.56. The number of hydrogen-bond acceptors (Lipinski definition) is 7. The van der Waals surface area contributed by atoms with E-state index < -0.39 is 36.9 Å². The molecule has 3 rings (SSSR count). The second-order valence-corrected chi connectivity index (χ2v) is 5.90. The van der Waals surface area contributed by atoms with E-state index in [4.69, 9.17) is 22.1 Å². The Morgan fingerprint density at radius 3 is 2.70 bits per heavy atom. The quantitative estimate of drug-likeness (QED) is 0.693. The predicted molar refractivity (Wildman–Crippen MR) is 75.9 cm³/mol. The molecule has 0 amide bonds. The summed E-state index contributed by atoms with van der Waals surface area (Å²) in [6.45, 7) is -0.400. The Balaban J connectivity index is 2.16. The standard InChI is InChI=1S/C12H14ClF2N5O3/c1-11(3-22)5(2-21)23-9(12(11,14)15)20-4-17-6-7(16)18-10(13)19-8(6)20/h4-5,9,21-22H,2-3H2,1H3,(H2,16,18,19)/t5-,9-,11?/m1/s1. The molecule has 0 spiro atoms. The Kier molecular flexibility index (Phi) is 3.67. The molecule has 0 saturated carbocycles. The van der Waals surface area contributed by atoms with Crippen molar-refractivity contribution in [2.24, 2.45) is 5.41 Å². The van der Waals surface area contributed by atoms with Gasteiger partial charge in [-0.15, -0.1) is 0 Å². The monoisotopic (exact) mass is 349 g/mol. The minimum atomic E-state index is -3.50. The first-order valence-electron chi connectivity index (χ1n) is 6.66. The number of aliphatic hydroxyl groups excluding tert-OH is 2. The molecule has 8 nitrogen and oxygen atoms in total. The highest BCUT2D eigenvalue weighted by atomic mass is 35.5. The number of hydrogen-bond donors (Lipinski definition) is 3. The second-order valence-electron chi connectivity index (χ2n) is 5.56. The molecule has 3 heterocycles. The predicted octanol–water partition coefficient (Wildman–Crippen LogP) is 0.585. The number of fused-ring (bicyclic) bond motifs is 1. The molecular formula is C12H14ClF2N5O3. The van der Waals surface area contributed by atoms with Gasteiger partial charge < -0.3 is 20.7 Å². The first-order chi connectivity index (χ1) is 10.8. The normalized spacial score (nSPS) is 30.2. The van der Waals surface area contributed by atoms with E-state index in [-0.39, 0.29) is 22.3 Å². The number of imidazole rings is 1. The van der Waals surface area contributed by atoms with Crippen molar-refractivity contribution in [3.05, 3.63) is 11.6 Å². The number of nitrogen functional groups attached to an aromatic ring is 1. The molecule has 1 fully saturated rings. The first kappa shape index (κ1) is 16.2. The van der Waals surface area contributed by atoms with Gasteiger partial charge in [0.2, 0.25) is 11.5 Å². The Morgan fingerprint density at radius 2 is 2.13 bits per heavy atom. The van der Waals surface area contributed by atoms with Crippen LogP contribution in [0.5, 0.6) is 0 Å². The second kappa shape index (κ2) is 5.20. The molecule has 0 aliphatic carbocycles. The molecule has 126 valence electrons. The van der Waals surface area contributed by atoms with E-state index in [0.717, 1.165) is 17.8 Å². The van der Waals surface area contributed by atoms with Gasteiger partial charge in [0.05, 0.1) is 31.1 Å². The maximum atomic E-state index is 14.8. The third-order valence-corrected chi connectivity index (χ3v) is 4.41. The van der Waals surface area contributed by atoms with Crippen LogP contribution in [0.1, 0.15) is 13.2 Å². The molecule has 4 N–H and O–H groups in total. The molecular weight excluding hydrogens is 336 g/mol. The van der Waals surface area contributed by atoms with E-state index in [1.165, 1.54) is 0 Å². The van der Waals surface area contributed by atoms with Crippen molar-refractivity contribution >= 4 is 28.6 Å². The highest BCUT2D eigenvalue weighted by Crippen LogP contribution is 2.55. The first-order valence-corrected chi connectivity index (χ1v) is 7.04. The van der Waals surface area contributed by atoms with Crippen molar-refractivity contribution in [1.82, 2.24) is 19.5 Å². The van der Waals surface area contributed by atoms with Crippen molar-refractivity contribution in [2.75, 3.05) is 18.9 Å². The lowest BCUT2D eigenvalue weighted by Gasteiger charge is -2.32. The fourth-order valence-corrected chi connectivity index (χ4v) is 2.83. The Hall–Kier alpha value is -1.62. The third kappa shape index (κ3) is 2.09. The van der Waals surface area contributed by atoms with Crippen LogP contribution in [0.2, 0.25) is 5.28 Å². The largest absolute Gasteiger partial charge is 0.395 e. The van der Waals surface area contributed by atoms with Crippen molar-refractivity contribution in [3.63, 3.8) is 0 Å². The number of halogens is 3. The van der Waals surface area contributed by atoms with Gasteiger partial charge in [-0.3, -0.25) is 4.57 Å². The summed E-state index contributed by atoms with van der Waals surface area (Å²) >= 11 is 5.72. The smallest absolute Gasteiger partial charge is 0.302 e. The number of nitrogens with two attached hydrogens (primary N) is 1. The lowest BCUT2D eigenvalue weighted by atomic mass is 9.80. The van der Waals surface area contributed by atoms with Crippen LogP contribution >= 0.6 is 11.6 Å². The Morgan fingerprint density at radius 1 is 1.43 bits per heavy atom. The summed E-state index contributed by atoms with van der Waals surface area (Å²) in [6.07, 6.45) is -2.01. The van der Waals surface area contributed by atoms with Gasteiger partial charge in [-0.05, 0) is 18.5 Å². The lowest BCUT2D eigenvalue weighted by Crippen LogP contribution is -2.47. The van der Waals surface area contributed by atoms with Gasteiger partial charge in [-0.25, -0.2) is 13.8 Å². The van der Waals surface area contributed by atoms with E-state index in [1.807, 2.05) is 0 Å². The number of ether oxygens (including phenoxy) is 1. The van der Waals surface area contributed by atoms with Gasteiger partial charge >= 0.3 is 5.92 Å². The van der Waals surface area contributed by atoms with Gasteiger partial charge in [0, 0.05) is 0 Å². The van der Waals surface area contributed by atoms with Crippen molar-refractivity contribution in [2.45, 2.75) is 25.2 Å². The topological polar surface area (TPSA) is 119 Å². The summed E-state index contributed by atoms with van der Waals surface area (Å²) in [6, 6.07) is 0. The van der Waals surface area contributed by atoms with Crippen LogP contribution in [-0.2, 0) is 4.74 Å². The molecule has 1 saturated heterocycles. The molecule has 2 aromatic heterocycles. The van der Waals surface area contributed by atoms with E-state index in [1.54, 1.807) is 0 Å². The fourth-order valence-electron chi connectivity index (χ4n) is 2.66. The fraction of sp³-hybridized carbons (Fsp3) is 0.583. The molecule has 0 radical (unpaired) electrons. The van der Waals surface area contributed by atoms with Gasteiger partial charge in [-0.2, -0.15) is 9.97 Å². The number of rotatable bonds is 3. The maximum absolute atomic E-state index is 14.8. The van der Waals surface area contributed by atoms with Gasteiger partial charge in [0.25, 0.3) is 0 Å². The average molecular weight is 350 g/mol. The minimum absolute atomic E-state index is 0.0222. The van der Waals surface area contributed by atoms with E-state index >= 15 is 0 Å². The molecule has 23 heavy (non-hydrogen) atoms. The van der Waals surface area contributed by atoms with Crippen LogP contribution in [0.3, 0.4) is 0 Å². The molecule has 1 unspecified atom stereocenters. The van der Waals surface area contributed by atoms with Gasteiger partial charge in [0.15, 0.2) is 11.5 Å². The summed E-state index contributed by atoms with van der Waals surface area (Å²) in [5.41, 5.74) is 3.76. The number of aliphatic hydroxyl groups is 2. The van der Waals surface area contributed by atoms with Gasteiger partial charge in [0.1, 0.15) is 5.52 Å². The Bertz CT molecular complexity index is 758. The van der Waals surface area contributed by atoms with Crippen LogP contribution in [0, 0.1) is 5.41 Å². The number of aromatic nitrogens is 4.